The first-order chi connectivity index (χ1) is 32.2. The van der Waals surface area contributed by atoms with Crippen molar-refractivity contribution >= 4 is 11.9 Å². The molecule has 13 N–H and O–H groups in total. The van der Waals surface area contributed by atoms with Crippen LogP contribution < -0.4 is 11.1 Å². The number of hydrogen-bond acceptors (Lipinski definition) is 14. The molecule has 0 radical (unpaired) electrons. The lowest BCUT2D eigenvalue weighted by atomic mass is 9.31. The van der Waals surface area contributed by atoms with E-state index in [1.165, 1.54) is 0 Å². The molecule has 384 valence electrons. The molecule has 2 saturated heterocycles. The predicted octanol–water partition coefficient (Wildman–Crippen LogP) is 2.34. The van der Waals surface area contributed by atoms with Crippen molar-refractivity contribution in [3.63, 3.8) is 0 Å². The van der Waals surface area contributed by atoms with Crippen molar-refractivity contribution in [1.29, 1.82) is 0 Å². The fraction of sp³-hybridized carbons (Fsp3) is 0.863. The van der Waals surface area contributed by atoms with Crippen molar-refractivity contribution in [3.8, 4) is 0 Å². The minimum atomic E-state index is -1.67. The molecule has 3 heterocycles. The van der Waals surface area contributed by atoms with Crippen molar-refractivity contribution in [2.24, 2.45) is 73.2 Å². The molecule has 20 unspecified atom stereocenters. The molecule has 6 fully saturated rings. The Balaban J connectivity index is 1.30. The van der Waals surface area contributed by atoms with Crippen molar-refractivity contribution < 1.29 is 65.0 Å². The third-order valence-electron chi connectivity index (χ3n) is 21.1. The minimum Gasteiger partial charge on any atom is -0.481 e. The summed E-state index contributed by atoms with van der Waals surface area (Å²) in [6.45, 7) is 9.70. The second kappa shape index (κ2) is 18.8. The number of nitrogens with two attached hydrogens (primary N) is 1. The molecule has 1 aromatic rings. The van der Waals surface area contributed by atoms with Gasteiger partial charge < -0.3 is 71.5 Å². The Kier molecular flexibility index (Phi) is 14.3. The standard InChI is InChI=1S/C51H82N4O13/c1-45(24-57)14-16-50(44(65)66)17-15-47(3)29(32(50)21-45)9-10-36-48(47,4)13-11-35-46(2,25-58)41(68-42-40(63)39(62)34(60)23-67-42)38(61)31(49(35,36)5)20-30-37(28(8-6-18-52)33-22-53-27-54-33)55-43(64)51(30,26-59)12-7-19-56/h9,22,27-28,30-32,34-42,56-63H,6-8,10-21,23-26,52H2,1-5H3,(H,53,54)(H,55,64)(H,65,66). The smallest absolute Gasteiger partial charge is 0.310 e. The van der Waals surface area contributed by atoms with E-state index in [0.717, 1.165) is 11.3 Å². The van der Waals surface area contributed by atoms with Crippen LogP contribution in [0.1, 0.15) is 130 Å². The monoisotopic (exact) mass is 959 g/mol. The highest BCUT2D eigenvalue weighted by Crippen LogP contribution is 2.77. The number of nitrogens with one attached hydrogen (secondary N) is 2. The van der Waals surface area contributed by atoms with Gasteiger partial charge in [0.15, 0.2) is 6.29 Å². The maximum atomic E-state index is 14.7. The molecule has 2 aliphatic heterocycles. The van der Waals surface area contributed by atoms with Gasteiger partial charge in [-0.25, -0.2) is 4.98 Å². The summed E-state index contributed by atoms with van der Waals surface area (Å²) in [7, 11) is 0. The molecule has 17 heteroatoms. The van der Waals surface area contributed by atoms with Crippen molar-refractivity contribution in [2.45, 2.75) is 167 Å². The third-order valence-corrected chi connectivity index (χ3v) is 21.1. The Morgan fingerprint density at radius 3 is 2.29 bits per heavy atom. The van der Waals surface area contributed by atoms with Gasteiger partial charge in [0.25, 0.3) is 0 Å². The van der Waals surface area contributed by atoms with Crippen molar-refractivity contribution in [1.82, 2.24) is 15.3 Å². The largest absolute Gasteiger partial charge is 0.481 e. The molecule has 5 aliphatic carbocycles. The van der Waals surface area contributed by atoms with E-state index in [1.807, 2.05) is 6.92 Å². The number of aliphatic hydroxyl groups excluding tert-OH is 8. The van der Waals surface area contributed by atoms with Gasteiger partial charge in [-0.3, -0.25) is 9.59 Å². The van der Waals surface area contributed by atoms with Gasteiger partial charge in [-0.05, 0) is 141 Å². The average Bonchev–Trinajstić information content (AvgIpc) is 3.95. The maximum absolute atomic E-state index is 14.7. The second-order valence-electron chi connectivity index (χ2n) is 23.9. The van der Waals surface area contributed by atoms with E-state index in [-0.39, 0.29) is 68.7 Å². The number of carbonyl (C=O) groups is 2. The van der Waals surface area contributed by atoms with Gasteiger partial charge >= 0.3 is 5.97 Å². The molecule has 1 amide bonds. The number of carbonyl (C=O) groups excluding carboxylic acids is 1. The van der Waals surface area contributed by atoms with Gasteiger partial charge in [0.05, 0.1) is 49.2 Å². The number of nitrogens with zero attached hydrogens (tertiary/aromatic N) is 1. The third kappa shape index (κ3) is 7.60. The highest BCUT2D eigenvalue weighted by Gasteiger charge is 2.74. The van der Waals surface area contributed by atoms with E-state index in [0.29, 0.717) is 70.8 Å². The summed E-state index contributed by atoms with van der Waals surface area (Å²) in [5.74, 6) is -3.54. The number of carboxylic acids is 1. The van der Waals surface area contributed by atoms with Crippen LogP contribution in [-0.2, 0) is 19.1 Å². The normalized spacial score (nSPS) is 48.3. The molecule has 8 rings (SSSR count). The first kappa shape index (κ1) is 51.8. The zero-order valence-corrected chi connectivity index (χ0v) is 40.9. The molecular weight excluding hydrogens is 877 g/mol. The number of aliphatic carboxylic acids is 1. The van der Waals surface area contributed by atoms with Gasteiger partial charge in [0.2, 0.25) is 5.91 Å². The lowest BCUT2D eigenvalue weighted by Gasteiger charge is -2.73. The molecule has 1 aromatic heterocycles. The highest BCUT2D eigenvalue weighted by atomic mass is 16.7. The molecule has 0 bridgehead atoms. The average molecular weight is 959 g/mol. The van der Waals surface area contributed by atoms with Gasteiger partial charge in [-0.15, -0.1) is 0 Å². The van der Waals surface area contributed by atoms with Crippen LogP contribution in [0.3, 0.4) is 0 Å². The van der Waals surface area contributed by atoms with E-state index in [9.17, 15) is 55.5 Å². The number of ether oxygens (including phenoxy) is 2. The lowest BCUT2D eigenvalue weighted by molar-refractivity contribution is -0.340. The zero-order chi connectivity index (χ0) is 49.4. The van der Waals surface area contributed by atoms with E-state index < -0.39 is 112 Å². The van der Waals surface area contributed by atoms with Crippen LogP contribution in [0.4, 0.5) is 0 Å². The molecular formula is C51H82N4O13. The number of amides is 1. The van der Waals surface area contributed by atoms with Gasteiger partial charge in [-0.2, -0.15) is 0 Å². The summed E-state index contributed by atoms with van der Waals surface area (Å²) in [5.41, 5.74) is 2.38. The number of aromatic nitrogens is 2. The zero-order valence-electron chi connectivity index (χ0n) is 40.9. The van der Waals surface area contributed by atoms with Crippen LogP contribution >= 0.6 is 0 Å². The fourth-order valence-electron chi connectivity index (χ4n) is 16.8. The Morgan fingerprint density at radius 2 is 1.66 bits per heavy atom. The van der Waals surface area contributed by atoms with Crippen LogP contribution in [-0.4, -0.2) is 150 Å². The summed E-state index contributed by atoms with van der Waals surface area (Å²) in [6.07, 6.45) is 3.42. The Labute approximate surface area is 400 Å². The van der Waals surface area contributed by atoms with Crippen LogP contribution in [0.5, 0.6) is 0 Å². The number of hydrogen-bond donors (Lipinski definition) is 12. The van der Waals surface area contributed by atoms with Crippen LogP contribution in [0.15, 0.2) is 24.2 Å². The quantitative estimate of drug-likeness (QED) is 0.0837. The maximum Gasteiger partial charge on any atom is 0.310 e. The first-order valence-electron chi connectivity index (χ1n) is 25.5. The Hall–Kier alpha value is -2.55. The first-order valence-corrected chi connectivity index (χ1v) is 25.5. The van der Waals surface area contributed by atoms with Gasteiger partial charge in [0, 0.05) is 42.5 Å². The Bertz CT molecular complexity index is 2010. The predicted molar refractivity (Wildman–Crippen MR) is 248 cm³/mol. The lowest BCUT2D eigenvalue weighted by Crippen LogP contribution is -2.72. The summed E-state index contributed by atoms with van der Waals surface area (Å²) in [5, 5.41) is 105. The minimum absolute atomic E-state index is 0.0333. The van der Waals surface area contributed by atoms with Crippen LogP contribution in [0, 0.1) is 67.5 Å². The molecule has 68 heavy (non-hydrogen) atoms. The fourth-order valence-corrected chi connectivity index (χ4v) is 16.8. The summed E-state index contributed by atoms with van der Waals surface area (Å²) in [6, 6.07) is -0.569. The molecule has 0 aromatic carbocycles. The van der Waals surface area contributed by atoms with E-state index in [1.54, 1.807) is 12.5 Å². The molecule has 17 nitrogen and oxygen atoms in total. The van der Waals surface area contributed by atoms with E-state index >= 15 is 0 Å². The number of rotatable bonds is 16. The number of carboxylic acid groups (broad SMARTS) is 1. The summed E-state index contributed by atoms with van der Waals surface area (Å²) in [4.78, 5) is 35.8. The van der Waals surface area contributed by atoms with Crippen LogP contribution in [0.2, 0.25) is 0 Å². The highest BCUT2D eigenvalue weighted by molar-refractivity contribution is 5.86. The van der Waals surface area contributed by atoms with E-state index in [4.69, 9.17) is 15.2 Å². The van der Waals surface area contributed by atoms with Crippen molar-refractivity contribution in [2.75, 3.05) is 39.6 Å². The molecule has 20 atom stereocenters. The second-order valence-corrected chi connectivity index (χ2v) is 23.9. The van der Waals surface area contributed by atoms with Gasteiger partial charge in [0.1, 0.15) is 18.3 Å². The number of allylic oxidation sites excluding steroid dienone is 2. The SMILES string of the molecule is CC1(CO)CCC2(C(=O)O)CCC3(C)C(=CCC4C5(C)C(CC6C(C(CCCN)c7cnc[nH]7)NC(=O)C6(CO)CCCO)C(O)C(OC6OCC(O)C(O)C6O)C(C)(CO)C5CCC43C)C2C1. The number of H-pyrrole nitrogens is 1. The molecule has 0 spiro atoms. The Morgan fingerprint density at radius 1 is 0.926 bits per heavy atom. The number of fused-ring (bicyclic) bond motifs is 7. The summed E-state index contributed by atoms with van der Waals surface area (Å²) < 4.78 is 12.5. The number of aromatic amines is 1. The molecule has 4 saturated carbocycles. The van der Waals surface area contributed by atoms with Gasteiger partial charge in [-0.1, -0.05) is 46.3 Å². The van der Waals surface area contributed by atoms with Crippen molar-refractivity contribution in [3.05, 3.63) is 29.9 Å². The number of aliphatic hydroxyl groups is 8. The number of imidazole rings is 1. The van der Waals surface area contributed by atoms with Crippen LogP contribution in [0.25, 0.3) is 0 Å². The molecule has 7 aliphatic rings. The topological polar surface area (TPSA) is 301 Å². The summed E-state index contributed by atoms with van der Waals surface area (Å²) >= 11 is 0. The van der Waals surface area contributed by atoms with E-state index in [2.05, 4.69) is 49.1 Å².